The molecule has 0 saturated carbocycles. The van der Waals surface area contributed by atoms with Crippen LogP contribution in [0.15, 0.2) is 59.8 Å². The van der Waals surface area contributed by atoms with Crippen molar-refractivity contribution in [2.45, 2.75) is 31.1 Å². The number of carbonyl (C=O) groups is 2. The first kappa shape index (κ1) is 18.9. The summed E-state index contributed by atoms with van der Waals surface area (Å²) in [7, 11) is 1.60. The van der Waals surface area contributed by atoms with Crippen LogP contribution in [0.3, 0.4) is 0 Å². The highest BCUT2D eigenvalue weighted by Gasteiger charge is 2.38. The summed E-state index contributed by atoms with van der Waals surface area (Å²) in [4.78, 5) is 36.1. The topological polar surface area (TPSA) is 98.5 Å². The lowest BCUT2D eigenvalue weighted by molar-refractivity contribution is -0.384. The molecule has 29 heavy (non-hydrogen) atoms. The second kappa shape index (κ2) is 7.50. The summed E-state index contributed by atoms with van der Waals surface area (Å²) in [5.41, 5.74) is 2.80. The average Bonchev–Trinajstić information content (AvgIpc) is 2.73. The first-order valence-electron chi connectivity index (χ1n) is 9.40. The van der Waals surface area contributed by atoms with Crippen LogP contribution < -0.4 is 10.1 Å². The lowest BCUT2D eigenvalue weighted by Gasteiger charge is -2.34. The molecule has 0 radical (unpaired) electrons. The lowest BCUT2D eigenvalue weighted by Crippen LogP contribution is -2.38. The smallest absolute Gasteiger partial charge is 0.269 e. The number of hydrogen-bond donors (Lipinski definition) is 1. The summed E-state index contributed by atoms with van der Waals surface area (Å²) < 4.78 is 5.19. The molecule has 0 fully saturated rings. The van der Waals surface area contributed by atoms with Gasteiger partial charge in [-0.15, -0.1) is 0 Å². The number of rotatable bonds is 4. The molecule has 0 unspecified atom stereocenters. The fraction of sp³-hybridized carbons (Fsp3) is 0.273. The van der Waals surface area contributed by atoms with E-state index in [2.05, 4.69) is 5.32 Å². The van der Waals surface area contributed by atoms with E-state index >= 15 is 0 Å². The second-order valence-corrected chi connectivity index (χ2v) is 7.35. The van der Waals surface area contributed by atoms with E-state index < -0.39 is 10.8 Å². The Bertz CT molecular complexity index is 1030. The van der Waals surface area contributed by atoms with E-state index in [1.54, 1.807) is 19.2 Å². The van der Waals surface area contributed by atoms with Crippen molar-refractivity contribution in [3.8, 4) is 5.75 Å². The number of benzene rings is 2. The number of nitrogens with zero attached hydrogens (tertiary/aromatic N) is 1. The molecule has 2 aliphatic rings. The zero-order chi connectivity index (χ0) is 20.5. The number of ketones is 1. The van der Waals surface area contributed by atoms with Crippen LogP contribution in [0, 0.1) is 10.1 Å². The number of ether oxygens (including phenoxy) is 1. The van der Waals surface area contributed by atoms with Gasteiger partial charge in [0.15, 0.2) is 5.78 Å². The van der Waals surface area contributed by atoms with Gasteiger partial charge in [-0.05, 0) is 35.6 Å². The van der Waals surface area contributed by atoms with E-state index in [0.29, 0.717) is 29.7 Å². The van der Waals surface area contributed by atoms with E-state index in [-0.39, 0.29) is 29.7 Å². The highest BCUT2D eigenvalue weighted by molar-refractivity contribution is 6.02. The summed E-state index contributed by atoms with van der Waals surface area (Å²) in [6.45, 7) is 0. The van der Waals surface area contributed by atoms with E-state index in [1.165, 1.54) is 12.1 Å². The third-order valence-corrected chi connectivity index (χ3v) is 5.61. The Morgan fingerprint density at radius 3 is 2.48 bits per heavy atom. The molecule has 1 heterocycles. The molecule has 0 spiro atoms. The highest BCUT2D eigenvalue weighted by Crippen LogP contribution is 2.43. The SMILES string of the molecule is COc1ccc([C@H]2CC(=O)C3=C(C2)NC(=O)C[C@H]3c2cccc([N+](=O)[O-])c2)cc1. The van der Waals surface area contributed by atoms with Gasteiger partial charge in [0.2, 0.25) is 5.91 Å². The zero-order valence-corrected chi connectivity index (χ0v) is 15.9. The maximum Gasteiger partial charge on any atom is 0.269 e. The van der Waals surface area contributed by atoms with Gasteiger partial charge in [-0.3, -0.25) is 19.7 Å². The van der Waals surface area contributed by atoms with Gasteiger partial charge in [0, 0.05) is 42.2 Å². The van der Waals surface area contributed by atoms with E-state index in [9.17, 15) is 19.7 Å². The molecule has 1 amide bonds. The number of nitro benzene ring substituents is 1. The number of non-ortho nitro benzene ring substituents is 1. The van der Waals surface area contributed by atoms with Crippen LogP contribution in [-0.4, -0.2) is 23.7 Å². The summed E-state index contributed by atoms with van der Waals surface area (Å²) in [6.07, 6.45) is 0.996. The van der Waals surface area contributed by atoms with Gasteiger partial charge in [-0.2, -0.15) is 0 Å². The number of nitrogens with one attached hydrogen (secondary N) is 1. The first-order valence-corrected chi connectivity index (χ1v) is 9.40. The van der Waals surface area contributed by atoms with Crippen molar-refractivity contribution in [2.75, 3.05) is 7.11 Å². The molecule has 7 heteroatoms. The van der Waals surface area contributed by atoms with Crippen molar-refractivity contribution in [3.63, 3.8) is 0 Å². The third kappa shape index (κ3) is 3.63. The zero-order valence-electron chi connectivity index (χ0n) is 15.9. The molecule has 2 aromatic rings. The molecule has 0 saturated heterocycles. The van der Waals surface area contributed by atoms with E-state index in [1.807, 2.05) is 24.3 Å². The molecule has 0 bridgehead atoms. The average molecular weight is 392 g/mol. The summed E-state index contributed by atoms with van der Waals surface area (Å²) in [5, 5.41) is 14.0. The van der Waals surface area contributed by atoms with Crippen molar-refractivity contribution in [1.82, 2.24) is 5.32 Å². The number of nitro groups is 1. The third-order valence-electron chi connectivity index (χ3n) is 5.61. The van der Waals surface area contributed by atoms with E-state index in [4.69, 9.17) is 4.74 Å². The molecule has 2 atom stereocenters. The Hall–Kier alpha value is -3.48. The largest absolute Gasteiger partial charge is 0.497 e. The minimum atomic E-state index is -0.468. The predicted molar refractivity (Wildman–Crippen MR) is 106 cm³/mol. The van der Waals surface area contributed by atoms with Gasteiger partial charge in [-0.1, -0.05) is 24.3 Å². The second-order valence-electron chi connectivity index (χ2n) is 7.35. The standard InChI is InChI=1S/C22H20N2O5/c1-29-17-7-5-13(6-8-17)15-10-19-22(20(25)11-15)18(12-21(26)23-19)14-3-2-4-16(9-14)24(27)28/h2-9,15,18H,10-12H2,1H3,(H,23,26)/t15-,18+/m1/s1. The van der Waals surface area contributed by atoms with Crippen molar-refractivity contribution < 1.29 is 19.2 Å². The van der Waals surface area contributed by atoms with Crippen LogP contribution in [0.4, 0.5) is 5.69 Å². The minimum Gasteiger partial charge on any atom is -0.497 e. The van der Waals surface area contributed by atoms with Crippen molar-refractivity contribution in [3.05, 3.63) is 81.0 Å². The number of amides is 1. The first-order chi connectivity index (χ1) is 14.0. The van der Waals surface area contributed by atoms with Gasteiger partial charge >= 0.3 is 0 Å². The van der Waals surface area contributed by atoms with Crippen LogP contribution >= 0.6 is 0 Å². The van der Waals surface area contributed by atoms with Crippen LogP contribution in [0.25, 0.3) is 0 Å². The van der Waals surface area contributed by atoms with Crippen molar-refractivity contribution in [2.24, 2.45) is 0 Å². The minimum absolute atomic E-state index is 0.0245. The number of carbonyl (C=O) groups excluding carboxylic acids is 2. The Morgan fingerprint density at radius 1 is 1.03 bits per heavy atom. The highest BCUT2D eigenvalue weighted by atomic mass is 16.6. The lowest BCUT2D eigenvalue weighted by atomic mass is 9.73. The molecule has 1 aliphatic heterocycles. The molecule has 148 valence electrons. The van der Waals surface area contributed by atoms with Gasteiger partial charge in [0.05, 0.1) is 12.0 Å². The van der Waals surface area contributed by atoms with Gasteiger partial charge in [0.1, 0.15) is 5.75 Å². The Labute approximate surface area is 167 Å². The summed E-state index contributed by atoms with van der Waals surface area (Å²) >= 11 is 0. The molecule has 7 nitrogen and oxygen atoms in total. The molecule has 1 aliphatic carbocycles. The summed E-state index contributed by atoms with van der Waals surface area (Å²) in [6, 6.07) is 13.8. The fourth-order valence-corrected chi connectivity index (χ4v) is 4.21. The van der Waals surface area contributed by atoms with E-state index in [0.717, 1.165) is 11.3 Å². The molecule has 1 N–H and O–H groups in total. The normalized spacial score (nSPS) is 21.4. The van der Waals surface area contributed by atoms with Crippen molar-refractivity contribution in [1.29, 1.82) is 0 Å². The number of Topliss-reactive ketones (excluding diaryl/α,β-unsaturated/α-hetero) is 1. The molecule has 4 rings (SSSR count). The number of hydrogen-bond acceptors (Lipinski definition) is 5. The monoisotopic (exact) mass is 392 g/mol. The van der Waals surface area contributed by atoms with Crippen LogP contribution in [0.5, 0.6) is 5.75 Å². The molecule has 0 aromatic heterocycles. The number of allylic oxidation sites excluding steroid dienone is 2. The van der Waals surface area contributed by atoms with Gasteiger partial charge in [-0.25, -0.2) is 0 Å². The van der Waals surface area contributed by atoms with Gasteiger partial charge < -0.3 is 10.1 Å². The maximum absolute atomic E-state index is 13.1. The molecular formula is C22H20N2O5. The molecule has 2 aromatic carbocycles. The molecular weight excluding hydrogens is 372 g/mol. The summed E-state index contributed by atoms with van der Waals surface area (Å²) in [5.74, 6) is 0.0544. The van der Waals surface area contributed by atoms with Crippen LogP contribution in [-0.2, 0) is 9.59 Å². The Morgan fingerprint density at radius 2 is 1.79 bits per heavy atom. The fourth-order valence-electron chi connectivity index (χ4n) is 4.21. The Kier molecular flexibility index (Phi) is 4.88. The Balaban J connectivity index is 1.69. The van der Waals surface area contributed by atoms with Crippen LogP contribution in [0.1, 0.15) is 42.2 Å². The predicted octanol–water partition coefficient (Wildman–Crippen LogP) is 3.61. The number of methoxy groups -OCH3 is 1. The quantitative estimate of drug-likeness (QED) is 0.633. The van der Waals surface area contributed by atoms with Crippen LogP contribution in [0.2, 0.25) is 0 Å². The van der Waals surface area contributed by atoms with Gasteiger partial charge in [0.25, 0.3) is 5.69 Å². The maximum atomic E-state index is 13.1. The van der Waals surface area contributed by atoms with Crippen molar-refractivity contribution >= 4 is 17.4 Å².